The van der Waals surface area contributed by atoms with E-state index < -0.39 is 11.3 Å². The van der Waals surface area contributed by atoms with Gasteiger partial charge in [-0.3, -0.25) is 9.69 Å². The first-order valence-corrected chi connectivity index (χ1v) is 5.94. The number of halogens is 1. The molecule has 1 rings (SSSR count). The van der Waals surface area contributed by atoms with Crippen molar-refractivity contribution < 1.29 is 9.90 Å². The van der Waals surface area contributed by atoms with Crippen LogP contribution in [0.5, 0.6) is 0 Å². The second kappa shape index (κ2) is 5.49. The molecule has 0 aliphatic carbocycles. The third-order valence-electron chi connectivity index (χ3n) is 2.33. The van der Waals surface area contributed by atoms with Crippen molar-refractivity contribution in [3.8, 4) is 0 Å². The Morgan fingerprint density at radius 3 is 2.87 bits per heavy atom. The van der Waals surface area contributed by atoms with Crippen molar-refractivity contribution in [1.82, 2.24) is 4.90 Å². The minimum Gasteiger partial charge on any atom is -0.480 e. The van der Waals surface area contributed by atoms with E-state index in [2.05, 4.69) is 0 Å². The number of thiophene rings is 1. The fourth-order valence-electron chi connectivity index (χ4n) is 1.24. The van der Waals surface area contributed by atoms with Crippen molar-refractivity contribution in [2.45, 2.75) is 18.3 Å². The van der Waals surface area contributed by atoms with E-state index in [4.69, 9.17) is 16.7 Å². The largest absolute Gasteiger partial charge is 0.480 e. The van der Waals surface area contributed by atoms with Gasteiger partial charge in [0.2, 0.25) is 0 Å². The number of hydrogen-bond acceptors (Lipinski definition) is 3. The Morgan fingerprint density at radius 1 is 1.73 bits per heavy atom. The fourth-order valence-corrected chi connectivity index (χ4v) is 2.30. The van der Waals surface area contributed by atoms with Gasteiger partial charge >= 0.3 is 5.97 Å². The number of aliphatic carboxylic acids is 1. The van der Waals surface area contributed by atoms with Crippen molar-refractivity contribution in [2.24, 2.45) is 0 Å². The second-order valence-corrected chi connectivity index (χ2v) is 4.94. The third-order valence-corrected chi connectivity index (χ3v) is 3.70. The number of carboxylic acid groups (broad SMARTS) is 1. The van der Waals surface area contributed by atoms with Crippen molar-refractivity contribution >= 4 is 28.9 Å². The summed E-state index contributed by atoms with van der Waals surface area (Å²) < 4.78 is 0. The van der Waals surface area contributed by atoms with Gasteiger partial charge < -0.3 is 5.11 Å². The molecule has 0 fully saturated rings. The Balaban J connectivity index is 2.54. The number of nitrogens with zero attached hydrogens (tertiary/aromatic N) is 1. The quantitative estimate of drug-likeness (QED) is 0.813. The van der Waals surface area contributed by atoms with Gasteiger partial charge in [0.15, 0.2) is 0 Å². The lowest BCUT2D eigenvalue weighted by molar-refractivity contribution is -0.137. The van der Waals surface area contributed by atoms with Crippen LogP contribution < -0.4 is 0 Å². The summed E-state index contributed by atoms with van der Waals surface area (Å²) in [6, 6.07) is 4.22. The summed E-state index contributed by atoms with van der Waals surface area (Å²) in [5.74, 6) is -0.970. The van der Waals surface area contributed by atoms with E-state index in [1.807, 2.05) is 36.4 Å². The highest BCUT2D eigenvalue weighted by molar-refractivity contribution is 7.10. The summed E-state index contributed by atoms with van der Waals surface area (Å²) >= 11 is 7.34. The van der Waals surface area contributed by atoms with Crippen LogP contribution in [0.15, 0.2) is 17.5 Å². The summed E-state index contributed by atoms with van der Waals surface area (Å²) in [5.41, 5.74) is 0. The fraction of sp³-hybridized carbons (Fsp3) is 0.500. The minimum atomic E-state index is -0.970. The summed E-state index contributed by atoms with van der Waals surface area (Å²) in [5, 5.41) is 9.85. The number of rotatable bonds is 5. The molecule has 0 saturated heterocycles. The van der Waals surface area contributed by atoms with Crippen LogP contribution in [0.2, 0.25) is 0 Å². The third kappa shape index (κ3) is 3.48. The lowest BCUT2D eigenvalue weighted by Gasteiger charge is -2.24. The summed E-state index contributed by atoms with van der Waals surface area (Å²) in [6.07, 6.45) is 0. The Kier molecular flexibility index (Phi) is 4.57. The first-order valence-electron chi connectivity index (χ1n) is 4.63. The van der Waals surface area contributed by atoms with Crippen molar-refractivity contribution in [2.75, 3.05) is 13.6 Å². The molecule has 2 unspecified atom stereocenters. The number of carbonyl (C=O) groups is 1. The van der Waals surface area contributed by atoms with Gasteiger partial charge in [0.25, 0.3) is 0 Å². The van der Waals surface area contributed by atoms with Crippen LogP contribution in [0.1, 0.15) is 17.8 Å². The molecule has 0 bridgehead atoms. The molecule has 2 atom stereocenters. The molecule has 1 aromatic heterocycles. The number of carboxylic acids is 1. The maximum atomic E-state index is 10.6. The molecule has 0 aliphatic rings. The van der Waals surface area contributed by atoms with E-state index in [9.17, 15) is 4.79 Å². The van der Waals surface area contributed by atoms with E-state index in [-0.39, 0.29) is 6.04 Å². The number of alkyl halides is 1. The molecule has 0 spiro atoms. The van der Waals surface area contributed by atoms with E-state index in [0.717, 1.165) is 0 Å². The summed E-state index contributed by atoms with van der Waals surface area (Å²) in [4.78, 5) is 13.7. The van der Waals surface area contributed by atoms with Crippen molar-refractivity contribution in [1.29, 1.82) is 0 Å². The molecule has 0 saturated carbocycles. The van der Waals surface area contributed by atoms with E-state index >= 15 is 0 Å². The van der Waals surface area contributed by atoms with E-state index in [1.54, 1.807) is 11.3 Å². The zero-order valence-electron chi connectivity index (χ0n) is 8.68. The van der Waals surface area contributed by atoms with Gasteiger partial charge in [0.05, 0.1) is 0 Å². The van der Waals surface area contributed by atoms with Crippen LogP contribution >= 0.6 is 22.9 Å². The predicted octanol–water partition coefficient (Wildman–Crippen LogP) is 2.43. The van der Waals surface area contributed by atoms with Gasteiger partial charge in [-0.2, -0.15) is 0 Å². The lowest BCUT2D eigenvalue weighted by atomic mass is 10.2. The van der Waals surface area contributed by atoms with Crippen LogP contribution in [0.4, 0.5) is 0 Å². The van der Waals surface area contributed by atoms with Gasteiger partial charge in [-0.1, -0.05) is 6.07 Å². The SMILES string of the molecule is CC(c1cccs1)N(C)CC(Cl)C(=O)O. The second-order valence-electron chi connectivity index (χ2n) is 3.44. The normalized spacial score (nSPS) is 15.2. The minimum absolute atomic E-state index is 0.200. The van der Waals surface area contributed by atoms with Crippen LogP contribution in [0.25, 0.3) is 0 Å². The van der Waals surface area contributed by atoms with Crippen LogP contribution in [-0.4, -0.2) is 34.9 Å². The standard InChI is InChI=1S/C10H14ClNO2S/c1-7(9-4-3-5-15-9)12(2)6-8(11)10(13)14/h3-5,7-8H,6H2,1-2H3,(H,13,14). The molecule has 0 aliphatic heterocycles. The molecule has 1 N–H and O–H groups in total. The Morgan fingerprint density at radius 2 is 2.40 bits per heavy atom. The average molecular weight is 248 g/mol. The highest BCUT2D eigenvalue weighted by Crippen LogP contribution is 2.23. The Labute approximate surface area is 98.3 Å². The molecule has 3 nitrogen and oxygen atoms in total. The zero-order chi connectivity index (χ0) is 11.4. The number of hydrogen-bond donors (Lipinski definition) is 1. The van der Waals surface area contributed by atoms with Gasteiger partial charge in [-0.15, -0.1) is 22.9 Å². The van der Waals surface area contributed by atoms with Crippen LogP contribution in [0, 0.1) is 0 Å². The monoisotopic (exact) mass is 247 g/mol. The highest BCUT2D eigenvalue weighted by Gasteiger charge is 2.20. The molecule has 0 aromatic carbocycles. The molecule has 0 radical (unpaired) electrons. The molecule has 5 heteroatoms. The summed E-state index contributed by atoms with van der Waals surface area (Å²) in [6.45, 7) is 2.38. The molecule has 1 aromatic rings. The molecular weight excluding hydrogens is 234 g/mol. The van der Waals surface area contributed by atoms with Gasteiger partial charge in [-0.25, -0.2) is 0 Å². The summed E-state index contributed by atoms with van der Waals surface area (Å²) in [7, 11) is 1.88. The smallest absolute Gasteiger partial charge is 0.322 e. The predicted molar refractivity (Wildman–Crippen MR) is 62.6 cm³/mol. The maximum Gasteiger partial charge on any atom is 0.322 e. The first kappa shape index (κ1) is 12.5. The van der Waals surface area contributed by atoms with E-state index in [1.165, 1.54) is 4.88 Å². The molecule has 15 heavy (non-hydrogen) atoms. The van der Waals surface area contributed by atoms with Gasteiger partial charge in [0.1, 0.15) is 5.38 Å². The first-order chi connectivity index (χ1) is 7.02. The van der Waals surface area contributed by atoms with Gasteiger partial charge in [-0.05, 0) is 25.4 Å². The molecular formula is C10H14ClNO2S. The zero-order valence-corrected chi connectivity index (χ0v) is 10.3. The average Bonchev–Trinajstić information content (AvgIpc) is 2.68. The topological polar surface area (TPSA) is 40.5 Å². The maximum absolute atomic E-state index is 10.6. The van der Waals surface area contributed by atoms with Gasteiger partial charge in [0, 0.05) is 17.5 Å². The Hall–Kier alpha value is -0.580. The Bertz CT molecular complexity index is 315. The van der Waals surface area contributed by atoms with Crippen LogP contribution in [0.3, 0.4) is 0 Å². The van der Waals surface area contributed by atoms with E-state index in [0.29, 0.717) is 6.54 Å². The molecule has 0 amide bonds. The van der Waals surface area contributed by atoms with Crippen molar-refractivity contribution in [3.05, 3.63) is 22.4 Å². The molecule has 84 valence electrons. The molecule has 1 heterocycles. The highest BCUT2D eigenvalue weighted by atomic mass is 35.5. The lowest BCUT2D eigenvalue weighted by Crippen LogP contribution is -2.32. The van der Waals surface area contributed by atoms with Crippen molar-refractivity contribution in [3.63, 3.8) is 0 Å². The van der Waals surface area contributed by atoms with Crippen LogP contribution in [-0.2, 0) is 4.79 Å².